The first-order valence-corrected chi connectivity index (χ1v) is 18.0. The van der Waals surface area contributed by atoms with Crippen LogP contribution in [0.25, 0.3) is 10.9 Å². The fourth-order valence-corrected chi connectivity index (χ4v) is 15.9. The molecule has 0 saturated carbocycles. The standard InChI is InChI=1S/C25H33I2N4O3S/c1-24(2)14-17(15-25(3,4)30-24)27-23-26-8-7-21(29-23)20-16-28-22-13-18(5-6-19(20)22)35(32,33)31-9-11-34-12-10-31/h5-8,13,16-17,28,30H,9-12,14-15H2,1-4H3/q-1. The third-order valence-electron chi connectivity index (χ3n) is 6.50. The molecule has 0 spiro atoms. The Balaban J connectivity index is 1.38. The van der Waals surface area contributed by atoms with Crippen LogP contribution in [0.1, 0.15) is 46.1 Å². The van der Waals surface area contributed by atoms with Crippen molar-refractivity contribution >= 4 is 49.0 Å². The van der Waals surface area contributed by atoms with Gasteiger partial charge in [-0.25, -0.2) is 0 Å². The van der Waals surface area contributed by atoms with Crippen molar-refractivity contribution in [3.63, 3.8) is 0 Å². The summed E-state index contributed by atoms with van der Waals surface area (Å²) in [5.74, 6) is 0. The fraction of sp³-hybridized carbons (Fsp3) is 0.520. The predicted molar refractivity (Wildman–Crippen MR) is 147 cm³/mol. The van der Waals surface area contributed by atoms with Crippen LogP contribution in [0, 0.1) is 0 Å². The van der Waals surface area contributed by atoms with E-state index in [0.717, 1.165) is 26.1 Å². The van der Waals surface area contributed by atoms with Gasteiger partial charge in [0.15, 0.2) is 0 Å². The second-order valence-electron chi connectivity index (χ2n) is 10.6. The molecule has 5 rings (SSSR count). The summed E-state index contributed by atoms with van der Waals surface area (Å²) in [6.07, 6.45) is 6.53. The van der Waals surface area contributed by atoms with E-state index in [0.29, 0.717) is 31.2 Å². The first-order chi connectivity index (χ1) is 16.5. The number of hydrogen-bond donors (Lipinski definition) is 2. The van der Waals surface area contributed by atoms with Crippen molar-refractivity contribution in [1.82, 2.24) is 14.6 Å². The number of sulfonamides is 1. The summed E-state index contributed by atoms with van der Waals surface area (Å²) in [7, 11) is -3.52. The molecule has 0 radical (unpaired) electrons. The zero-order chi connectivity index (χ0) is 24.8. The van der Waals surface area contributed by atoms with Crippen LogP contribution in [0.4, 0.5) is 0 Å². The summed E-state index contributed by atoms with van der Waals surface area (Å²) < 4.78 is 37.5. The fourth-order valence-electron chi connectivity index (χ4n) is 5.31. The molecule has 3 aliphatic rings. The monoisotopic (exact) mass is 723 g/mol. The van der Waals surface area contributed by atoms with Crippen LogP contribution in [0.3, 0.4) is 0 Å². The molecule has 2 saturated heterocycles. The molecule has 3 aliphatic heterocycles. The molecule has 2 N–H and O–H groups in total. The van der Waals surface area contributed by atoms with Gasteiger partial charge in [-0.05, 0) is 0 Å². The van der Waals surface area contributed by atoms with E-state index in [-0.39, 0.29) is 53.0 Å². The van der Waals surface area contributed by atoms with Gasteiger partial charge in [-0.3, -0.25) is 0 Å². The molecule has 0 atom stereocenters. The van der Waals surface area contributed by atoms with Gasteiger partial charge in [-0.2, -0.15) is 0 Å². The minimum absolute atomic E-state index is 0.133. The number of benzene rings is 1. The third-order valence-corrected chi connectivity index (χ3v) is 15.5. The van der Waals surface area contributed by atoms with Crippen LogP contribution >= 0.6 is 20.7 Å². The Labute approximate surface area is 228 Å². The van der Waals surface area contributed by atoms with E-state index in [1.807, 2.05) is 12.3 Å². The van der Waals surface area contributed by atoms with Gasteiger partial charge in [0.2, 0.25) is 0 Å². The third kappa shape index (κ3) is 5.77. The number of nitrogens with one attached hydrogen (secondary N) is 2. The molecule has 7 nitrogen and oxygen atoms in total. The minimum atomic E-state index is -3.52. The molecule has 4 heterocycles. The Hall–Kier alpha value is -0.670. The van der Waals surface area contributed by atoms with Crippen molar-refractivity contribution in [2.45, 2.75) is 60.4 Å². The first kappa shape index (κ1) is 26.0. The Morgan fingerprint density at radius 1 is 1.14 bits per heavy atom. The molecule has 1 aromatic heterocycles. The number of rotatable bonds is 5. The number of aliphatic imine (C=N–C) groups is 1. The number of morpholine rings is 1. The van der Waals surface area contributed by atoms with Gasteiger partial charge in [-0.15, -0.1) is 0 Å². The Kier molecular flexibility index (Phi) is 7.34. The van der Waals surface area contributed by atoms with Crippen LogP contribution in [-0.2, 0) is 14.8 Å². The Morgan fingerprint density at radius 2 is 1.86 bits per heavy atom. The molecule has 192 valence electrons. The summed E-state index contributed by atoms with van der Waals surface area (Å²) in [6, 6.07) is 5.39. The molecular weight excluding hydrogens is 690 g/mol. The summed E-state index contributed by atoms with van der Waals surface area (Å²) in [4.78, 5) is 8.79. The number of nitrogens with zero attached hydrogens (tertiary/aromatic N) is 2. The van der Waals surface area contributed by atoms with Crippen molar-refractivity contribution in [2.75, 3.05) is 26.3 Å². The molecule has 2 fully saturated rings. The average molecular weight is 723 g/mol. The molecular formula is C25H33I2N4O3S-. The van der Waals surface area contributed by atoms with Gasteiger partial charge in [0.25, 0.3) is 0 Å². The molecule has 0 aliphatic carbocycles. The Morgan fingerprint density at radius 3 is 2.57 bits per heavy atom. The predicted octanol–water partition coefficient (Wildman–Crippen LogP) is 0.962. The number of aromatic nitrogens is 1. The van der Waals surface area contributed by atoms with Crippen molar-refractivity contribution in [3.8, 4) is 0 Å². The zero-order valence-corrected chi connectivity index (χ0v) is 25.7. The summed E-state index contributed by atoms with van der Waals surface area (Å²) in [5.41, 5.74) is 3.19. The number of aromatic amines is 1. The first-order valence-electron chi connectivity index (χ1n) is 11.9. The van der Waals surface area contributed by atoms with Gasteiger partial charge in [0.1, 0.15) is 0 Å². The van der Waals surface area contributed by atoms with E-state index < -0.39 is 10.0 Å². The van der Waals surface area contributed by atoms with Crippen molar-refractivity contribution in [1.29, 1.82) is 0 Å². The number of piperidine rings is 1. The van der Waals surface area contributed by atoms with Crippen LogP contribution in [0.5, 0.6) is 0 Å². The summed E-state index contributed by atoms with van der Waals surface area (Å²) in [6.45, 7) is 11.0. The second kappa shape index (κ2) is 9.90. The van der Waals surface area contributed by atoms with E-state index in [4.69, 9.17) is 9.73 Å². The van der Waals surface area contributed by atoms with Gasteiger partial charge in [0, 0.05) is 0 Å². The normalized spacial score (nSPS) is 23.7. The Bertz CT molecular complexity index is 1310. The van der Waals surface area contributed by atoms with Crippen LogP contribution in [-0.4, -0.2) is 66.4 Å². The van der Waals surface area contributed by atoms with E-state index in [9.17, 15) is 8.42 Å². The van der Waals surface area contributed by atoms with Crippen molar-refractivity contribution in [2.24, 2.45) is 4.99 Å². The zero-order valence-electron chi connectivity index (χ0n) is 20.6. The van der Waals surface area contributed by atoms with Crippen LogP contribution in [0.2, 0.25) is 0 Å². The topological polar surface area (TPSA) is 86.8 Å². The van der Waals surface area contributed by atoms with E-state index >= 15 is 0 Å². The van der Waals surface area contributed by atoms with Crippen molar-refractivity contribution < 1.29 is 34.4 Å². The summed E-state index contributed by atoms with van der Waals surface area (Å²) in [5, 5.41) is 4.81. The SMILES string of the molecule is CC1(C)CC([I-]C2=IC=CC(c3c[nH]c4cc(S(=O)(=O)N5CCOCC5)ccc34)=N2)CC(C)(C)N1. The van der Waals surface area contributed by atoms with Gasteiger partial charge in [-0.1, -0.05) is 0 Å². The number of allylic oxidation sites excluding steroid dienone is 1. The van der Waals surface area contributed by atoms with E-state index in [2.05, 4.69) is 48.2 Å². The molecule has 0 unspecified atom stereocenters. The number of hydrogen-bond acceptors (Lipinski definition) is 5. The molecule has 10 heteroatoms. The average Bonchev–Trinajstić information content (AvgIpc) is 3.21. The van der Waals surface area contributed by atoms with Gasteiger partial charge >= 0.3 is 225 Å². The molecule has 35 heavy (non-hydrogen) atoms. The number of ether oxygens (including phenoxy) is 1. The summed E-state index contributed by atoms with van der Waals surface area (Å²) >= 11 is -0.280. The van der Waals surface area contributed by atoms with Gasteiger partial charge < -0.3 is 4.74 Å². The molecule has 1 aromatic carbocycles. The van der Waals surface area contributed by atoms with Crippen LogP contribution < -0.4 is 26.5 Å². The quantitative estimate of drug-likeness (QED) is 0.274. The maximum absolute atomic E-state index is 13.1. The molecule has 0 bridgehead atoms. The number of fused-ring (bicyclic) bond motifs is 1. The van der Waals surface area contributed by atoms with Gasteiger partial charge in [0.05, 0.1) is 0 Å². The molecule has 2 aromatic rings. The van der Waals surface area contributed by atoms with E-state index in [1.54, 1.807) is 12.1 Å². The number of H-pyrrole nitrogens is 1. The second-order valence-corrected chi connectivity index (χ2v) is 20.3. The van der Waals surface area contributed by atoms with E-state index in [1.165, 1.54) is 18.8 Å². The number of alkyl halides is 1. The molecule has 0 amide bonds. The number of halogens is 2. The van der Waals surface area contributed by atoms with Crippen LogP contribution in [0.15, 0.2) is 44.4 Å². The maximum atomic E-state index is 13.1. The van der Waals surface area contributed by atoms with Crippen molar-refractivity contribution in [3.05, 3.63) is 40.1 Å².